The number of benzene rings is 1. The van der Waals surface area contributed by atoms with Crippen molar-refractivity contribution in [1.29, 1.82) is 0 Å². The first-order valence-electron chi connectivity index (χ1n) is 8.76. The van der Waals surface area contributed by atoms with Crippen molar-refractivity contribution < 1.29 is 5.11 Å². The summed E-state index contributed by atoms with van der Waals surface area (Å²) in [5.74, 6) is 1.14. The summed E-state index contributed by atoms with van der Waals surface area (Å²) in [5.41, 5.74) is 4.29. The minimum atomic E-state index is 0.333. The second kappa shape index (κ2) is 5.71. The predicted octanol–water partition coefficient (Wildman–Crippen LogP) is 3.50. The largest absolute Gasteiger partial charge is 0.396 e. The highest BCUT2D eigenvalue weighted by atomic mass is 16.3. The smallest absolute Gasteiger partial charge is 0.0530 e. The maximum Gasteiger partial charge on any atom is 0.0530 e. The average molecular weight is 298 g/mol. The van der Waals surface area contributed by atoms with Crippen molar-refractivity contribution in [3.05, 3.63) is 35.5 Å². The molecule has 1 aromatic heterocycles. The molecule has 0 radical (unpaired) electrons. The molecule has 22 heavy (non-hydrogen) atoms. The van der Waals surface area contributed by atoms with Gasteiger partial charge in [-0.15, -0.1) is 0 Å². The lowest BCUT2D eigenvalue weighted by Crippen LogP contribution is -2.33. The van der Waals surface area contributed by atoms with Gasteiger partial charge in [-0.2, -0.15) is 0 Å². The molecule has 2 N–H and O–H groups in total. The number of para-hydroxylation sites is 1. The van der Waals surface area contributed by atoms with Gasteiger partial charge in [0.1, 0.15) is 0 Å². The number of hydrogen-bond acceptors (Lipinski definition) is 2. The molecule has 118 valence electrons. The van der Waals surface area contributed by atoms with E-state index in [4.69, 9.17) is 0 Å². The van der Waals surface area contributed by atoms with Gasteiger partial charge in [0.2, 0.25) is 0 Å². The molecule has 0 aliphatic carbocycles. The van der Waals surface area contributed by atoms with Gasteiger partial charge in [0.15, 0.2) is 0 Å². The third-order valence-corrected chi connectivity index (χ3v) is 5.89. The maximum atomic E-state index is 9.57. The number of hydrogen-bond donors (Lipinski definition) is 2. The summed E-state index contributed by atoms with van der Waals surface area (Å²) < 4.78 is 0. The van der Waals surface area contributed by atoms with E-state index in [9.17, 15) is 5.11 Å². The molecule has 3 heterocycles. The van der Waals surface area contributed by atoms with Crippen LogP contribution in [0.4, 0.5) is 0 Å². The molecule has 2 aliphatic heterocycles. The van der Waals surface area contributed by atoms with Gasteiger partial charge < -0.3 is 10.1 Å². The first-order chi connectivity index (χ1) is 10.8. The predicted molar refractivity (Wildman–Crippen MR) is 89.9 cm³/mol. The molecular formula is C19H26N2O. The zero-order valence-electron chi connectivity index (χ0n) is 13.4. The third-order valence-electron chi connectivity index (χ3n) is 5.89. The molecule has 1 fully saturated rings. The van der Waals surface area contributed by atoms with E-state index in [2.05, 4.69) is 41.1 Å². The summed E-state index contributed by atoms with van der Waals surface area (Å²) in [6, 6.07) is 9.26. The molecule has 3 nitrogen and oxygen atoms in total. The molecule has 3 atom stereocenters. The van der Waals surface area contributed by atoms with Crippen LogP contribution >= 0.6 is 0 Å². The Labute approximate surface area is 132 Å². The Kier molecular flexibility index (Phi) is 3.71. The Hall–Kier alpha value is -1.32. The van der Waals surface area contributed by atoms with E-state index in [1.54, 1.807) is 5.56 Å². The molecule has 3 unspecified atom stereocenters. The number of nitrogens with zero attached hydrogens (tertiary/aromatic N) is 1. The average Bonchev–Trinajstić information content (AvgIpc) is 3.13. The Morgan fingerprint density at radius 2 is 2.18 bits per heavy atom. The van der Waals surface area contributed by atoms with Crippen LogP contribution in [0.25, 0.3) is 10.9 Å². The van der Waals surface area contributed by atoms with Gasteiger partial charge in [-0.1, -0.05) is 31.5 Å². The fourth-order valence-corrected chi connectivity index (χ4v) is 4.64. The second-order valence-electron chi connectivity index (χ2n) is 7.03. The van der Waals surface area contributed by atoms with Gasteiger partial charge in [0, 0.05) is 29.7 Å². The third kappa shape index (κ3) is 2.19. The topological polar surface area (TPSA) is 39.3 Å². The van der Waals surface area contributed by atoms with Crippen LogP contribution in [-0.2, 0) is 6.42 Å². The summed E-state index contributed by atoms with van der Waals surface area (Å²) in [7, 11) is 0. The van der Waals surface area contributed by atoms with Crippen molar-refractivity contribution >= 4 is 10.9 Å². The number of fused-ring (bicyclic) bond motifs is 5. The van der Waals surface area contributed by atoms with E-state index in [1.165, 1.54) is 42.5 Å². The van der Waals surface area contributed by atoms with Crippen LogP contribution in [0.3, 0.4) is 0 Å². The normalized spacial score (nSPS) is 26.1. The Bertz CT molecular complexity index is 658. The maximum absolute atomic E-state index is 9.57. The zero-order valence-corrected chi connectivity index (χ0v) is 13.4. The monoisotopic (exact) mass is 298 g/mol. The standard InChI is InChI=1S/C19H26N2O/c1-2-13(12-22)11-14-7-9-21-10-8-16-15-5-3-4-6-17(15)20-18(16)19(14)21/h3-6,13-14,19-20,22H,2,7-12H2,1H3. The van der Waals surface area contributed by atoms with Crippen molar-refractivity contribution in [2.75, 3.05) is 19.7 Å². The van der Waals surface area contributed by atoms with E-state index in [0.717, 1.165) is 12.8 Å². The van der Waals surface area contributed by atoms with Gasteiger partial charge in [-0.3, -0.25) is 4.90 Å². The zero-order chi connectivity index (χ0) is 15.1. The molecule has 0 bridgehead atoms. The van der Waals surface area contributed by atoms with Crippen molar-refractivity contribution in [1.82, 2.24) is 9.88 Å². The summed E-state index contributed by atoms with van der Waals surface area (Å²) in [4.78, 5) is 6.38. The number of aromatic nitrogens is 1. The van der Waals surface area contributed by atoms with Crippen molar-refractivity contribution in [3.8, 4) is 0 Å². The van der Waals surface area contributed by atoms with Crippen molar-refractivity contribution in [2.24, 2.45) is 11.8 Å². The van der Waals surface area contributed by atoms with Crippen LogP contribution in [-0.4, -0.2) is 34.7 Å². The molecule has 0 saturated carbocycles. The Morgan fingerprint density at radius 3 is 3.00 bits per heavy atom. The first kappa shape index (κ1) is 14.3. The molecule has 0 spiro atoms. The number of aliphatic hydroxyl groups excluding tert-OH is 1. The number of rotatable bonds is 4. The number of nitrogens with one attached hydrogen (secondary N) is 1. The fourth-order valence-electron chi connectivity index (χ4n) is 4.64. The molecule has 4 rings (SSSR count). The first-order valence-corrected chi connectivity index (χ1v) is 8.76. The second-order valence-corrected chi connectivity index (χ2v) is 7.03. The quantitative estimate of drug-likeness (QED) is 0.907. The Morgan fingerprint density at radius 1 is 1.32 bits per heavy atom. The molecule has 1 aromatic carbocycles. The lowest BCUT2D eigenvalue weighted by Gasteiger charge is -2.33. The highest BCUT2D eigenvalue weighted by molar-refractivity contribution is 5.85. The fraction of sp³-hybridized carbons (Fsp3) is 0.579. The summed E-state index contributed by atoms with van der Waals surface area (Å²) in [6.07, 6.45) is 4.68. The van der Waals surface area contributed by atoms with E-state index in [0.29, 0.717) is 24.5 Å². The molecular weight excluding hydrogens is 272 g/mol. The van der Waals surface area contributed by atoms with E-state index in [-0.39, 0.29) is 0 Å². The van der Waals surface area contributed by atoms with Crippen LogP contribution in [0.2, 0.25) is 0 Å². The molecule has 0 amide bonds. The summed E-state index contributed by atoms with van der Waals surface area (Å²) in [6.45, 7) is 4.93. The highest BCUT2D eigenvalue weighted by Gasteiger charge is 2.40. The van der Waals surface area contributed by atoms with E-state index in [1.807, 2.05) is 0 Å². The molecule has 1 saturated heterocycles. The number of aliphatic hydroxyl groups is 1. The van der Waals surface area contributed by atoms with Crippen LogP contribution < -0.4 is 0 Å². The van der Waals surface area contributed by atoms with Gasteiger partial charge >= 0.3 is 0 Å². The number of aromatic amines is 1. The van der Waals surface area contributed by atoms with Crippen molar-refractivity contribution in [2.45, 2.75) is 38.6 Å². The van der Waals surface area contributed by atoms with E-state index >= 15 is 0 Å². The SMILES string of the molecule is CCC(CO)CC1CCN2CCc3c([nH]c4ccccc34)C12. The summed E-state index contributed by atoms with van der Waals surface area (Å²) >= 11 is 0. The van der Waals surface area contributed by atoms with Gasteiger partial charge in [-0.05, 0) is 49.3 Å². The van der Waals surface area contributed by atoms with Crippen LogP contribution in [0.1, 0.15) is 43.5 Å². The van der Waals surface area contributed by atoms with Crippen LogP contribution in [0.5, 0.6) is 0 Å². The van der Waals surface area contributed by atoms with Crippen LogP contribution in [0, 0.1) is 11.8 Å². The molecule has 3 heteroatoms. The van der Waals surface area contributed by atoms with Gasteiger partial charge in [0.25, 0.3) is 0 Å². The van der Waals surface area contributed by atoms with Crippen molar-refractivity contribution in [3.63, 3.8) is 0 Å². The van der Waals surface area contributed by atoms with Gasteiger partial charge in [0.05, 0.1) is 6.04 Å². The minimum absolute atomic E-state index is 0.333. The molecule has 2 aliphatic rings. The lowest BCUT2D eigenvalue weighted by molar-refractivity contribution is 0.162. The number of H-pyrrole nitrogens is 1. The minimum Gasteiger partial charge on any atom is -0.396 e. The summed E-state index contributed by atoms with van der Waals surface area (Å²) in [5, 5.41) is 11.0. The Balaban J connectivity index is 1.70. The van der Waals surface area contributed by atoms with Crippen LogP contribution in [0.15, 0.2) is 24.3 Å². The molecule has 2 aromatic rings. The van der Waals surface area contributed by atoms with Gasteiger partial charge in [-0.25, -0.2) is 0 Å². The van der Waals surface area contributed by atoms with E-state index < -0.39 is 0 Å². The lowest BCUT2D eigenvalue weighted by atomic mass is 9.84. The highest BCUT2D eigenvalue weighted by Crippen LogP contribution is 2.45.